The fourth-order valence-electron chi connectivity index (χ4n) is 8.96. The molecule has 0 aromatic carbocycles. The normalized spacial score (nSPS) is 51.5. The van der Waals surface area contributed by atoms with Gasteiger partial charge in [0.25, 0.3) is 0 Å². The molecular weight excluding hydrogens is 966 g/mol. The Morgan fingerprint density at radius 2 is 0.914 bits per heavy atom. The van der Waals surface area contributed by atoms with Gasteiger partial charge >= 0.3 is 0 Å². The van der Waals surface area contributed by atoms with Crippen LogP contribution in [0.4, 0.5) is 0 Å². The van der Waals surface area contributed by atoms with E-state index in [1.165, 1.54) is 0 Å². The molecule has 70 heavy (non-hydrogen) atoms. The van der Waals surface area contributed by atoms with E-state index in [0.29, 0.717) is 0 Å². The lowest BCUT2D eigenvalue weighted by Crippen LogP contribution is -2.73. The van der Waals surface area contributed by atoms with E-state index >= 15 is 0 Å². The monoisotopic (exact) mass is 1030 g/mol. The molecule has 6 fully saturated rings. The number of ether oxygens (including phenoxy) is 11. The van der Waals surface area contributed by atoms with Crippen LogP contribution in [-0.2, 0) is 56.9 Å². The molecule has 6 aliphatic rings. The van der Waals surface area contributed by atoms with Gasteiger partial charge in [0.05, 0.1) is 39.6 Å². The average molecular weight is 1030 g/mol. The highest BCUT2D eigenvalue weighted by Gasteiger charge is 2.62. The second-order valence-corrected chi connectivity index (χ2v) is 17.6. The Bertz CT molecular complexity index is 1660. The second-order valence-electron chi connectivity index (χ2n) is 17.6. The van der Waals surface area contributed by atoms with Crippen molar-refractivity contribution in [2.24, 2.45) is 0 Å². The quantitative estimate of drug-likeness (QED) is 0.0643. The van der Waals surface area contributed by atoms with E-state index in [9.17, 15) is 102 Å². The predicted molar refractivity (Wildman–Crippen MR) is 211 cm³/mol. The van der Waals surface area contributed by atoms with Crippen LogP contribution in [0.2, 0.25) is 0 Å². The highest BCUT2D eigenvalue weighted by Crippen LogP contribution is 2.40. The van der Waals surface area contributed by atoms with E-state index in [0.717, 1.165) is 6.92 Å². The summed E-state index contributed by atoms with van der Waals surface area (Å²) in [5.41, 5.74) is 0. The molecule has 6 heterocycles. The maximum absolute atomic E-state index is 13.1. The first-order chi connectivity index (χ1) is 33.1. The summed E-state index contributed by atoms with van der Waals surface area (Å²) in [6.07, 6.45) is -51.0. The third kappa shape index (κ3) is 11.3. The van der Waals surface area contributed by atoms with Gasteiger partial charge in [-0.05, 0) is 0 Å². The molecule has 6 saturated heterocycles. The Hall–Kier alpha value is -1.73. The number of aliphatic hydroxyl groups is 19. The molecule has 32 nitrogen and oxygen atoms in total. The van der Waals surface area contributed by atoms with Gasteiger partial charge in [0, 0.05) is 6.92 Å². The lowest BCUT2D eigenvalue weighted by Gasteiger charge is -2.54. The minimum Gasteiger partial charge on any atom is -0.394 e. The molecule has 0 aliphatic carbocycles. The van der Waals surface area contributed by atoms with Crippen LogP contribution in [0.25, 0.3) is 0 Å². The van der Waals surface area contributed by atoms with E-state index < -0.39 is 230 Å². The van der Waals surface area contributed by atoms with Gasteiger partial charge in [-0.3, -0.25) is 4.79 Å². The van der Waals surface area contributed by atoms with Crippen molar-refractivity contribution in [3.05, 3.63) is 0 Å². The number of amides is 1. The maximum Gasteiger partial charge on any atom is 0.221 e. The molecular formula is C38H65NO31. The molecule has 6 rings (SSSR count). The average Bonchev–Trinajstić information content (AvgIpc) is 3.34. The second kappa shape index (κ2) is 23.9. The summed E-state index contributed by atoms with van der Waals surface area (Å²) in [5, 5.41) is 205. The van der Waals surface area contributed by atoms with E-state index in [2.05, 4.69) is 5.32 Å². The maximum atomic E-state index is 13.1. The van der Waals surface area contributed by atoms with Crippen molar-refractivity contribution < 1.29 is 154 Å². The van der Waals surface area contributed by atoms with E-state index in [-0.39, 0.29) is 0 Å². The molecule has 32 heteroatoms. The van der Waals surface area contributed by atoms with Crippen LogP contribution in [0.1, 0.15) is 6.92 Å². The summed E-state index contributed by atoms with van der Waals surface area (Å²) < 4.78 is 63.5. The van der Waals surface area contributed by atoms with Gasteiger partial charge in [-0.2, -0.15) is 0 Å². The smallest absolute Gasteiger partial charge is 0.221 e. The van der Waals surface area contributed by atoms with Crippen molar-refractivity contribution in [1.29, 1.82) is 0 Å². The number of hydrogen-bond acceptors (Lipinski definition) is 31. The van der Waals surface area contributed by atoms with Crippen LogP contribution in [0.3, 0.4) is 0 Å². The Labute approximate surface area is 395 Å². The highest BCUT2D eigenvalue weighted by atomic mass is 16.8. The van der Waals surface area contributed by atoms with Gasteiger partial charge in [0.15, 0.2) is 25.2 Å². The lowest BCUT2D eigenvalue weighted by molar-refractivity contribution is -0.425. The molecule has 408 valence electrons. The Kier molecular flexibility index (Phi) is 19.6. The minimum absolute atomic E-state index is 0.797. The molecule has 0 saturated carbocycles. The lowest BCUT2D eigenvalue weighted by atomic mass is 9.92. The Morgan fingerprint density at radius 1 is 0.471 bits per heavy atom. The zero-order chi connectivity index (χ0) is 51.7. The zero-order valence-corrected chi connectivity index (χ0v) is 37.1. The molecule has 0 aromatic rings. The number of aliphatic hydroxyl groups excluding tert-OH is 19. The molecule has 0 bridgehead atoms. The third-order valence-corrected chi connectivity index (χ3v) is 13.0. The van der Waals surface area contributed by atoms with Crippen LogP contribution in [0.15, 0.2) is 0 Å². The van der Waals surface area contributed by atoms with E-state index in [1.807, 2.05) is 0 Å². The Morgan fingerprint density at radius 3 is 1.43 bits per heavy atom. The van der Waals surface area contributed by atoms with Gasteiger partial charge in [0.1, 0.15) is 147 Å². The van der Waals surface area contributed by atoms with Crippen LogP contribution in [0.5, 0.6) is 0 Å². The van der Waals surface area contributed by atoms with Crippen molar-refractivity contribution in [2.75, 3.05) is 52.9 Å². The van der Waals surface area contributed by atoms with Gasteiger partial charge in [-0.25, -0.2) is 0 Å². The topological polar surface area (TPSA) is 515 Å². The largest absolute Gasteiger partial charge is 0.394 e. The SMILES string of the molecule is CC(=O)N[C@H]1[C@H](O[C@H]2[C@@H](O)[C@@H](CO)O[C@@H](O[C@H]3[C@H](O)[C@@H](O)C(O)O[C@@H]3CO)[C@@H]2O)O[C@H](CO)[C@@H](O[C@]2(CO)OC[C@H](O)[C@H](O)[C@H]2O)[C@@H]1O[C@@H]1O[C@H](CO)[C@H](O)[C@H](O)[C@H]1O[C@]1(CO)OC[C@H](O)[C@H](O)[C@H]1O. The highest BCUT2D eigenvalue weighted by molar-refractivity contribution is 5.73. The molecule has 0 spiro atoms. The van der Waals surface area contributed by atoms with Crippen LogP contribution < -0.4 is 5.32 Å². The van der Waals surface area contributed by atoms with Crippen molar-refractivity contribution in [2.45, 2.75) is 178 Å². The molecule has 28 atom stereocenters. The van der Waals surface area contributed by atoms with Gasteiger partial charge in [-0.15, -0.1) is 0 Å². The standard InChI is InChI=1S/C38H65NO31/c1-10(46)39-17-28(67-36-30(22(53)20(51)13(2-40)64-36)70-38(9-45)32(58)19(50)12(48)7-61-38)27(69-37(8-44)31(57)18(49)11(47)6-60-37)16(5-43)65-34(17)68-29-21(52)14(3-41)63-35(25(29)56)66-26-15(4-42)62-33(59)24(55)23(26)54/h11-36,40-45,47-59H,2-9H2,1H3,(H,39,46)/t11-,12-,13+,14+,15+,16+,17+,18-,19-,20-,21-,22-,23+,24+,25+,26+,27+,28+,29-,30+,31+,32+,33?,34-,35-,36-,37-,38-/m0/s1. The summed E-state index contributed by atoms with van der Waals surface area (Å²) in [6.45, 7) is -7.59. The number of carbonyl (C=O) groups is 1. The number of hydrogen-bond donors (Lipinski definition) is 20. The van der Waals surface area contributed by atoms with Crippen molar-refractivity contribution in [1.82, 2.24) is 5.32 Å². The van der Waals surface area contributed by atoms with Gasteiger partial charge in [0.2, 0.25) is 17.5 Å². The molecule has 1 amide bonds. The first kappa shape index (κ1) is 57.5. The molecule has 1 unspecified atom stereocenters. The Balaban J connectivity index is 1.43. The number of rotatable bonds is 17. The van der Waals surface area contributed by atoms with E-state index in [1.54, 1.807) is 0 Å². The summed E-state index contributed by atoms with van der Waals surface area (Å²) in [4.78, 5) is 13.1. The minimum atomic E-state index is -2.77. The summed E-state index contributed by atoms with van der Waals surface area (Å²) in [6, 6.07) is -2.00. The fourth-order valence-corrected chi connectivity index (χ4v) is 8.96. The zero-order valence-electron chi connectivity index (χ0n) is 37.1. The number of carbonyl (C=O) groups excluding carboxylic acids is 1. The van der Waals surface area contributed by atoms with Gasteiger partial charge < -0.3 is 154 Å². The van der Waals surface area contributed by atoms with Gasteiger partial charge in [-0.1, -0.05) is 0 Å². The van der Waals surface area contributed by atoms with Crippen molar-refractivity contribution in [3.8, 4) is 0 Å². The first-order valence-corrected chi connectivity index (χ1v) is 22.1. The molecule has 0 aromatic heterocycles. The van der Waals surface area contributed by atoms with Crippen LogP contribution >= 0.6 is 0 Å². The first-order valence-electron chi connectivity index (χ1n) is 22.1. The van der Waals surface area contributed by atoms with E-state index in [4.69, 9.17) is 52.1 Å². The van der Waals surface area contributed by atoms with Crippen molar-refractivity contribution in [3.63, 3.8) is 0 Å². The molecule has 0 radical (unpaired) electrons. The predicted octanol–water partition coefficient (Wildman–Crippen LogP) is -14.0. The third-order valence-electron chi connectivity index (χ3n) is 13.0. The molecule has 6 aliphatic heterocycles. The summed E-state index contributed by atoms with van der Waals surface area (Å²) >= 11 is 0. The van der Waals surface area contributed by atoms with Crippen LogP contribution in [0, 0.1) is 0 Å². The molecule has 20 N–H and O–H groups in total. The summed E-state index contributed by atoms with van der Waals surface area (Å²) in [5.74, 6) is -6.50. The number of nitrogens with one attached hydrogen (secondary N) is 1. The van der Waals surface area contributed by atoms with Crippen LogP contribution in [-0.4, -0.2) is 327 Å². The summed E-state index contributed by atoms with van der Waals surface area (Å²) in [7, 11) is 0. The van der Waals surface area contributed by atoms with Crippen molar-refractivity contribution >= 4 is 5.91 Å². The fraction of sp³-hybridized carbons (Fsp3) is 0.974.